The first-order valence-electron chi connectivity index (χ1n) is 11.0. The van der Waals surface area contributed by atoms with Crippen LogP contribution in [-0.2, 0) is 16.0 Å². The van der Waals surface area contributed by atoms with E-state index in [-0.39, 0.29) is 11.8 Å². The molecule has 6 nitrogen and oxygen atoms in total. The van der Waals surface area contributed by atoms with Crippen LogP contribution in [0.25, 0.3) is 0 Å². The minimum absolute atomic E-state index is 0.185. The molecule has 4 rings (SSSR count). The van der Waals surface area contributed by atoms with E-state index in [4.69, 9.17) is 9.26 Å². The fraction of sp³-hybridized carbons (Fsp3) is 0.857. The molecule has 3 fully saturated rings. The lowest BCUT2D eigenvalue weighted by Crippen LogP contribution is -2.41. The number of carbonyl (C=O) groups is 1. The molecule has 1 saturated heterocycles. The SMILES string of the molecule is O=C(C1CCCC1)N1CCCC(c2nc(CCOCC3CCCC3)no2)C1. The molecule has 2 saturated carbocycles. The predicted octanol–water partition coefficient (Wildman–Crippen LogP) is 3.72. The van der Waals surface area contributed by atoms with Gasteiger partial charge < -0.3 is 14.2 Å². The van der Waals surface area contributed by atoms with Crippen LogP contribution in [0.1, 0.15) is 81.8 Å². The third kappa shape index (κ3) is 4.89. The Morgan fingerprint density at radius 2 is 1.85 bits per heavy atom. The first kappa shape index (κ1) is 18.9. The molecule has 0 bridgehead atoms. The summed E-state index contributed by atoms with van der Waals surface area (Å²) in [5, 5.41) is 4.14. The van der Waals surface area contributed by atoms with E-state index < -0.39 is 0 Å². The molecule has 1 aromatic rings. The van der Waals surface area contributed by atoms with Gasteiger partial charge in [0.05, 0.1) is 12.5 Å². The molecule has 150 valence electrons. The number of hydrogen-bond donors (Lipinski definition) is 0. The van der Waals surface area contributed by atoms with Crippen molar-refractivity contribution in [2.75, 3.05) is 26.3 Å². The zero-order chi connectivity index (χ0) is 18.5. The van der Waals surface area contributed by atoms with E-state index in [9.17, 15) is 4.79 Å². The van der Waals surface area contributed by atoms with E-state index in [1.807, 2.05) is 4.90 Å². The van der Waals surface area contributed by atoms with Crippen LogP contribution in [0.3, 0.4) is 0 Å². The summed E-state index contributed by atoms with van der Waals surface area (Å²) < 4.78 is 11.3. The Morgan fingerprint density at radius 1 is 1.07 bits per heavy atom. The van der Waals surface area contributed by atoms with Crippen molar-refractivity contribution < 1.29 is 14.1 Å². The van der Waals surface area contributed by atoms with Gasteiger partial charge in [0.2, 0.25) is 11.8 Å². The van der Waals surface area contributed by atoms with Crippen LogP contribution in [0, 0.1) is 11.8 Å². The standard InChI is InChI=1S/C21H33N3O3/c25-21(17-8-3-4-9-17)24-12-5-10-18(14-24)20-22-19(23-27-20)11-13-26-15-16-6-1-2-7-16/h16-18H,1-15H2. The number of piperidine rings is 1. The van der Waals surface area contributed by atoms with E-state index in [2.05, 4.69) is 10.1 Å². The Morgan fingerprint density at radius 3 is 2.67 bits per heavy atom. The maximum Gasteiger partial charge on any atom is 0.231 e. The highest BCUT2D eigenvalue weighted by atomic mass is 16.5. The number of likely N-dealkylation sites (tertiary alicyclic amines) is 1. The molecule has 2 aliphatic carbocycles. The average molecular weight is 376 g/mol. The third-order valence-electron chi connectivity index (χ3n) is 6.57. The Bertz CT molecular complexity index is 606. The quantitative estimate of drug-likeness (QED) is 0.680. The van der Waals surface area contributed by atoms with Gasteiger partial charge in [-0.15, -0.1) is 0 Å². The second-order valence-electron chi connectivity index (χ2n) is 8.63. The number of hydrogen-bond acceptors (Lipinski definition) is 5. The zero-order valence-electron chi connectivity index (χ0n) is 16.4. The largest absolute Gasteiger partial charge is 0.381 e. The zero-order valence-corrected chi connectivity index (χ0v) is 16.4. The average Bonchev–Trinajstić information content (AvgIpc) is 3.47. The smallest absolute Gasteiger partial charge is 0.231 e. The highest BCUT2D eigenvalue weighted by Gasteiger charge is 2.32. The highest BCUT2D eigenvalue weighted by molar-refractivity contribution is 5.79. The molecule has 0 spiro atoms. The molecular formula is C21H33N3O3. The second-order valence-corrected chi connectivity index (χ2v) is 8.63. The van der Waals surface area contributed by atoms with Crippen molar-refractivity contribution in [2.45, 2.75) is 76.5 Å². The monoisotopic (exact) mass is 375 g/mol. The first-order chi connectivity index (χ1) is 13.3. The Kier molecular flexibility index (Phi) is 6.43. The van der Waals surface area contributed by atoms with Gasteiger partial charge in [-0.3, -0.25) is 4.79 Å². The lowest BCUT2D eigenvalue weighted by molar-refractivity contribution is -0.136. The van der Waals surface area contributed by atoms with Crippen molar-refractivity contribution in [1.29, 1.82) is 0 Å². The van der Waals surface area contributed by atoms with Gasteiger partial charge in [-0.05, 0) is 44.4 Å². The summed E-state index contributed by atoms with van der Waals surface area (Å²) in [5.41, 5.74) is 0. The molecular weight excluding hydrogens is 342 g/mol. The van der Waals surface area contributed by atoms with Gasteiger partial charge in [-0.25, -0.2) is 0 Å². The van der Waals surface area contributed by atoms with Crippen LogP contribution >= 0.6 is 0 Å². The number of aromatic nitrogens is 2. The maximum atomic E-state index is 12.7. The van der Waals surface area contributed by atoms with E-state index in [1.165, 1.54) is 38.5 Å². The Labute approximate surface area is 162 Å². The lowest BCUT2D eigenvalue weighted by Gasteiger charge is -2.32. The van der Waals surface area contributed by atoms with E-state index in [1.54, 1.807) is 0 Å². The van der Waals surface area contributed by atoms with Crippen LogP contribution in [-0.4, -0.2) is 47.3 Å². The molecule has 27 heavy (non-hydrogen) atoms. The van der Waals surface area contributed by atoms with Gasteiger partial charge in [0.1, 0.15) is 0 Å². The molecule has 6 heteroatoms. The molecule has 1 atom stereocenters. The van der Waals surface area contributed by atoms with Crippen molar-refractivity contribution in [3.63, 3.8) is 0 Å². The van der Waals surface area contributed by atoms with Gasteiger partial charge in [0.15, 0.2) is 5.82 Å². The summed E-state index contributed by atoms with van der Waals surface area (Å²) in [6.45, 7) is 3.13. The molecule has 1 amide bonds. The summed E-state index contributed by atoms with van der Waals surface area (Å²) in [5.74, 6) is 2.96. The number of carbonyl (C=O) groups excluding carboxylic acids is 1. The van der Waals surface area contributed by atoms with Gasteiger partial charge in [-0.2, -0.15) is 4.98 Å². The number of amides is 1. The first-order valence-corrected chi connectivity index (χ1v) is 11.0. The normalized spacial score (nSPS) is 24.7. The fourth-order valence-corrected chi connectivity index (χ4v) is 4.94. The Hall–Kier alpha value is -1.43. The fourth-order valence-electron chi connectivity index (χ4n) is 4.94. The topological polar surface area (TPSA) is 68.5 Å². The summed E-state index contributed by atoms with van der Waals surface area (Å²) >= 11 is 0. The summed E-state index contributed by atoms with van der Waals surface area (Å²) in [4.78, 5) is 19.3. The highest BCUT2D eigenvalue weighted by Crippen LogP contribution is 2.31. The van der Waals surface area contributed by atoms with Crippen LogP contribution in [0.15, 0.2) is 4.52 Å². The molecule has 1 aromatic heterocycles. The maximum absolute atomic E-state index is 12.7. The van der Waals surface area contributed by atoms with E-state index in [0.29, 0.717) is 24.8 Å². The Balaban J connectivity index is 1.24. The number of ether oxygens (including phenoxy) is 1. The molecule has 3 aliphatic rings. The van der Waals surface area contributed by atoms with Crippen molar-refractivity contribution >= 4 is 5.91 Å². The minimum atomic E-state index is 0.185. The summed E-state index contributed by atoms with van der Waals surface area (Å²) in [7, 11) is 0. The van der Waals surface area contributed by atoms with Crippen molar-refractivity contribution in [3.8, 4) is 0 Å². The van der Waals surface area contributed by atoms with Crippen LogP contribution < -0.4 is 0 Å². The second kappa shape index (κ2) is 9.18. The van der Waals surface area contributed by atoms with Crippen molar-refractivity contribution in [1.82, 2.24) is 15.0 Å². The van der Waals surface area contributed by atoms with Gasteiger partial charge in [0.25, 0.3) is 0 Å². The third-order valence-corrected chi connectivity index (χ3v) is 6.57. The van der Waals surface area contributed by atoms with Crippen LogP contribution in [0.2, 0.25) is 0 Å². The molecule has 1 aliphatic heterocycles. The van der Waals surface area contributed by atoms with Gasteiger partial charge in [0, 0.05) is 32.0 Å². The molecule has 0 radical (unpaired) electrons. The van der Waals surface area contributed by atoms with Crippen molar-refractivity contribution in [2.24, 2.45) is 11.8 Å². The summed E-state index contributed by atoms with van der Waals surface area (Å²) in [6, 6.07) is 0. The van der Waals surface area contributed by atoms with Gasteiger partial charge >= 0.3 is 0 Å². The lowest BCUT2D eigenvalue weighted by atomic mass is 9.96. The minimum Gasteiger partial charge on any atom is -0.381 e. The molecule has 1 unspecified atom stereocenters. The number of nitrogens with zero attached hydrogens (tertiary/aromatic N) is 3. The molecule has 0 N–H and O–H groups in total. The van der Waals surface area contributed by atoms with Gasteiger partial charge in [-0.1, -0.05) is 30.8 Å². The molecule has 2 heterocycles. The summed E-state index contributed by atoms with van der Waals surface area (Å²) in [6.07, 6.45) is 12.6. The van der Waals surface area contributed by atoms with Crippen LogP contribution in [0.5, 0.6) is 0 Å². The van der Waals surface area contributed by atoms with Crippen LogP contribution in [0.4, 0.5) is 0 Å². The van der Waals surface area contributed by atoms with Crippen molar-refractivity contribution in [3.05, 3.63) is 11.7 Å². The number of rotatable bonds is 7. The predicted molar refractivity (Wildman–Crippen MR) is 101 cm³/mol. The molecule has 0 aromatic carbocycles. The van der Waals surface area contributed by atoms with E-state index >= 15 is 0 Å². The van der Waals surface area contributed by atoms with E-state index in [0.717, 1.165) is 57.1 Å².